The Labute approximate surface area is 94.7 Å². The van der Waals surface area contributed by atoms with E-state index in [2.05, 4.69) is 0 Å². The zero-order valence-electron chi connectivity index (χ0n) is 9.40. The maximum atomic E-state index is 10.9. The van der Waals surface area contributed by atoms with Crippen molar-refractivity contribution in [1.82, 2.24) is 0 Å². The lowest BCUT2D eigenvalue weighted by Gasteiger charge is -2.25. The molecule has 0 saturated carbocycles. The van der Waals surface area contributed by atoms with Gasteiger partial charge in [0.2, 0.25) is 0 Å². The summed E-state index contributed by atoms with van der Waals surface area (Å²) < 4.78 is 11.0. The molecule has 16 heavy (non-hydrogen) atoms. The number of ether oxygens (including phenoxy) is 2. The first kappa shape index (κ1) is 10.7. The lowest BCUT2D eigenvalue weighted by Crippen LogP contribution is -2.22. The molecule has 1 heterocycles. The van der Waals surface area contributed by atoms with Crippen molar-refractivity contribution in [2.75, 3.05) is 7.11 Å². The summed E-state index contributed by atoms with van der Waals surface area (Å²) in [6.07, 6.45) is 3.32. The predicted molar refractivity (Wildman–Crippen MR) is 61.7 cm³/mol. The Bertz CT molecular complexity index is 435. The van der Waals surface area contributed by atoms with E-state index in [1.807, 2.05) is 31.2 Å². The maximum Gasteiger partial charge on any atom is 0.169 e. The Hall–Kier alpha value is -1.77. The van der Waals surface area contributed by atoms with Crippen molar-refractivity contribution in [3.8, 4) is 11.5 Å². The van der Waals surface area contributed by atoms with Crippen LogP contribution in [0.4, 0.5) is 0 Å². The van der Waals surface area contributed by atoms with Gasteiger partial charge in [0.25, 0.3) is 0 Å². The molecule has 1 atom stereocenters. The Kier molecular flexibility index (Phi) is 2.95. The van der Waals surface area contributed by atoms with Gasteiger partial charge in [0.15, 0.2) is 11.5 Å². The quantitative estimate of drug-likeness (QED) is 0.731. The van der Waals surface area contributed by atoms with Crippen LogP contribution in [0.1, 0.15) is 18.9 Å². The molecule has 84 valence electrons. The number of aldehydes is 1. The van der Waals surface area contributed by atoms with E-state index in [4.69, 9.17) is 9.47 Å². The smallest absolute Gasteiger partial charge is 0.169 e. The third kappa shape index (κ3) is 1.69. The Morgan fingerprint density at radius 3 is 2.94 bits per heavy atom. The number of fused-ring (bicyclic) bond motifs is 1. The highest BCUT2D eigenvalue weighted by Gasteiger charge is 2.23. The second-order valence-corrected chi connectivity index (χ2v) is 3.66. The number of carbonyl (C=O) groups excluding carboxylic acids is 1. The largest absolute Gasteiger partial charge is 0.493 e. The Morgan fingerprint density at radius 2 is 2.31 bits per heavy atom. The average molecular weight is 218 g/mol. The molecule has 0 fully saturated rings. The molecule has 1 aliphatic heterocycles. The fourth-order valence-electron chi connectivity index (χ4n) is 1.85. The van der Waals surface area contributed by atoms with Gasteiger partial charge < -0.3 is 9.47 Å². The molecule has 0 radical (unpaired) electrons. The molecular formula is C13H14O3. The number of hydrogen-bond acceptors (Lipinski definition) is 3. The van der Waals surface area contributed by atoms with Gasteiger partial charge in [-0.2, -0.15) is 0 Å². The third-order valence-electron chi connectivity index (χ3n) is 2.69. The van der Waals surface area contributed by atoms with E-state index in [-0.39, 0.29) is 6.10 Å². The number of methoxy groups -OCH3 is 1. The zero-order valence-corrected chi connectivity index (χ0v) is 9.40. The van der Waals surface area contributed by atoms with Gasteiger partial charge in [0.05, 0.1) is 7.11 Å². The summed E-state index contributed by atoms with van der Waals surface area (Å²) in [7, 11) is 1.61. The fraction of sp³-hybridized carbons (Fsp3) is 0.308. The first-order valence-corrected chi connectivity index (χ1v) is 5.30. The zero-order chi connectivity index (χ0) is 11.5. The molecule has 1 aromatic carbocycles. The van der Waals surface area contributed by atoms with Gasteiger partial charge in [-0.3, -0.25) is 4.79 Å². The normalized spacial score (nSPS) is 18.1. The molecule has 0 aromatic heterocycles. The van der Waals surface area contributed by atoms with Gasteiger partial charge in [-0.15, -0.1) is 0 Å². The summed E-state index contributed by atoms with van der Waals surface area (Å²) in [5.41, 5.74) is 1.58. The average Bonchev–Trinajstić information content (AvgIpc) is 2.36. The number of hydrogen-bond donors (Lipinski definition) is 0. The van der Waals surface area contributed by atoms with Crippen LogP contribution >= 0.6 is 0 Å². The third-order valence-corrected chi connectivity index (χ3v) is 2.69. The Morgan fingerprint density at radius 1 is 1.50 bits per heavy atom. The van der Waals surface area contributed by atoms with Gasteiger partial charge in [-0.25, -0.2) is 0 Å². The van der Waals surface area contributed by atoms with Gasteiger partial charge in [-0.1, -0.05) is 19.1 Å². The van der Waals surface area contributed by atoms with Crippen LogP contribution in [0.25, 0.3) is 6.08 Å². The molecule has 0 spiro atoms. The van der Waals surface area contributed by atoms with E-state index in [0.717, 1.165) is 24.0 Å². The molecule has 0 aliphatic carbocycles. The van der Waals surface area contributed by atoms with Crippen LogP contribution in [0.15, 0.2) is 23.8 Å². The van der Waals surface area contributed by atoms with E-state index >= 15 is 0 Å². The molecule has 3 heteroatoms. The highest BCUT2D eigenvalue weighted by Crippen LogP contribution is 2.37. The van der Waals surface area contributed by atoms with Crippen molar-refractivity contribution in [2.24, 2.45) is 0 Å². The van der Waals surface area contributed by atoms with Crippen LogP contribution in [0.2, 0.25) is 0 Å². The standard InChI is InChI=1S/C13H14O3/c1-3-11-10(8-14)7-9-5-4-6-12(15-2)13(9)16-11/h4-8,11H,3H2,1-2H3/t11-/m1/s1. The van der Waals surface area contributed by atoms with Crippen LogP contribution in [0, 0.1) is 0 Å². The van der Waals surface area contributed by atoms with Crippen LogP contribution in [-0.2, 0) is 4.79 Å². The SMILES string of the molecule is CC[C@H]1Oc2c(cccc2OC)C=C1C=O. The van der Waals surface area contributed by atoms with Crippen molar-refractivity contribution < 1.29 is 14.3 Å². The van der Waals surface area contributed by atoms with E-state index in [1.165, 1.54) is 0 Å². The monoisotopic (exact) mass is 218 g/mol. The van der Waals surface area contributed by atoms with Crippen LogP contribution < -0.4 is 9.47 Å². The van der Waals surface area contributed by atoms with Gasteiger partial charge in [-0.05, 0) is 18.6 Å². The van der Waals surface area contributed by atoms with E-state index in [9.17, 15) is 4.79 Å². The van der Waals surface area contributed by atoms with Crippen molar-refractivity contribution >= 4 is 12.4 Å². The molecule has 0 saturated heterocycles. The first-order chi connectivity index (χ1) is 7.80. The molecule has 3 nitrogen and oxygen atoms in total. The highest BCUT2D eigenvalue weighted by atomic mass is 16.5. The number of para-hydroxylation sites is 1. The Balaban J connectivity index is 2.50. The molecule has 1 aliphatic rings. The summed E-state index contributed by atoms with van der Waals surface area (Å²) in [5, 5.41) is 0. The van der Waals surface area contributed by atoms with Crippen molar-refractivity contribution in [2.45, 2.75) is 19.4 Å². The molecule has 2 rings (SSSR count). The number of benzene rings is 1. The minimum Gasteiger partial charge on any atom is -0.493 e. The number of rotatable bonds is 3. The van der Waals surface area contributed by atoms with E-state index < -0.39 is 0 Å². The summed E-state index contributed by atoms with van der Waals surface area (Å²) in [5.74, 6) is 1.43. The van der Waals surface area contributed by atoms with Crippen LogP contribution in [-0.4, -0.2) is 19.5 Å². The topological polar surface area (TPSA) is 35.5 Å². The second-order valence-electron chi connectivity index (χ2n) is 3.66. The van der Waals surface area contributed by atoms with Gasteiger partial charge in [0, 0.05) is 11.1 Å². The molecule has 0 amide bonds. The molecule has 0 bridgehead atoms. The summed E-state index contributed by atoms with van der Waals surface area (Å²) in [4.78, 5) is 10.9. The molecule has 0 unspecified atom stereocenters. The van der Waals surface area contributed by atoms with Crippen LogP contribution in [0.5, 0.6) is 11.5 Å². The van der Waals surface area contributed by atoms with Gasteiger partial charge >= 0.3 is 0 Å². The highest BCUT2D eigenvalue weighted by molar-refractivity contribution is 5.86. The van der Waals surface area contributed by atoms with Gasteiger partial charge in [0.1, 0.15) is 12.4 Å². The molecule has 1 aromatic rings. The lowest BCUT2D eigenvalue weighted by molar-refractivity contribution is -0.105. The van der Waals surface area contributed by atoms with E-state index in [1.54, 1.807) is 7.11 Å². The van der Waals surface area contributed by atoms with E-state index in [0.29, 0.717) is 11.3 Å². The number of carbonyl (C=O) groups is 1. The molecule has 0 N–H and O–H groups in total. The minimum absolute atomic E-state index is 0.165. The minimum atomic E-state index is -0.165. The maximum absolute atomic E-state index is 10.9. The summed E-state index contributed by atoms with van der Waals surface area (Å²) in [6, 6.07) is 5.64. The van der Waals surface area contributed by atoms with Crippen molar-refractivity contribution in [3.63, 3.8) is 0 Å². The van der Waals surface area contributed by atoms with Crippen molar-refractivity contribution in [3.05, 3.63) is 29.3 Å². The predicted octanol–water partition coefficient (Wildman–Crippen LogP) is 2.45. The summed E-state index contributed by atoms with van der Waals surface area (Å²) in [6.45, 7) is 1.99. The fourth-order valence-corrected chi connectivity index (χ4v) is 1.85. The van der Waals surface area contributed by atoms with Crippen LogP contribution in [0.3, 0.4) is 0 Å². The summed E-state index contributed by atoms with van der Waals surface area (Å²) >= 11 is 0. The first-order valence-electron chi connectivity index (χ1n) is 5.30. The lowest BCUT2D eigenvalue weighted by atomic mass is 10.0. The van der Waals surface area contributed by atoms with Crippen molar-refractivity contribution in [1.29, 1.82) is 0 Å². The molecular weight excluding hydrogens is 204 g/mol. The second kappa shape index (κ2) is 4.39.